The summed E-state index contributed by atoms with van der Waals surface area (Å²) in [5, 5.41) is 5.97. The quantitative estimate of drug-likeness (QED) is 0.811. The van der Waals surface area contributed by atoms with Crippen molar-refractivity contribution >= 4 is 5.91 Å². The summed E-state index contributed by atoms with van der Waals surface area (Å²) in [5.74, 6) is 0.972. The fraction of sp³-hybridized carbons (Fsp3) is 0.611. The van der Waals surface area contributed by atoms with Gasteiger partial charge < -0.3 is 10.6 Å². The number of carbonyl (C=O) groups excluding carboxylic acids is 1. The van der Waals surface area contributed by atoms with Crippen molar-refractivity contribution in [1.29, 1.82) is 0 Å². The number of hydrogen-bond acceptors (Lipinski definition) is 3. The molecule has 22 heavy (non-hydrogen) atoms. The molecule has 0 radical (unpaired) electrons. The number of nitrogens with zero attached hydrogens (tertiary/aromatic N) is 1. The zero-order valence-electron chi connectivity index (χ0n) is 13.9. The first kappa shape index (κ1) is 17.0. The minimum atomic E-state index is 0.102. The second kappa shape index (κ2) is 8.91. The average molecular weight is 303 g/mol. The van der Waals surface area contributed by atoms with Crippen molar-refractivity contribution in [3.8, 4) is 0 Å². The molecule has 0 unspecified atom stereocenters. The van der Waals surface area contributed by atoms with Crippen molar-refractivity contribution in [1.82, 2.24) is 15.5 Å². The molecule has 122 valence electrons. The molecule has 0 spiro atoms. The van der Waals surface area contributed by atoms with Crippen LogP contribution in [0.2, 0.25) is 0 Å². The summed E-state index contributed by atoms with van der Waals surface area (Å²) in [6.07, 6.45) is 3.14. The Morgan fingerprint density at radius 2 is 2.00 bits per heavy atom. The van der Waals surface area contributed by atoms with Crippen LogP contribution in [0.3, 0.4) is 0 Å². The van der Waals surface area contributed by atoms with Crippen molar-refractivity contribution in [2.75, 3.05) is 26.7 Å². The predicted octanol–water partition coefficient (Wildman–Crippen LogP) is 2.14. The number of rotatable bonds is 7. The van der Waals surface area contributed by atoms with E-state index in [1.54, 1.807) is 0 Å². The van der Waals surface area contributed by atoms with E-state index in [1.807, 2.05) is 7.05 Å². The van der Waals surface area contributed by atoms with Crippen LogP contribution in [-0.4, -0.2) is 37.5 Å². The highest BCUT2D eigenvalue weighted by atomic mass is 16.1. The van der Waals surface area contributed by atoms with Gasteiger partial charge in [-0.2, -0.15) is 0 Å². The van der Waals surface area contributed by atoms with E-state index in [-0.39, 0.29) is 5.91 Å². The third-order valence-corrected chi connectivity index (χ3v) is 4.37. The van der Waals surface area contributed by atoms with E-state index in [0.717, 1.165) is 19.0 Å². The summed E-state index contributed by atoms with van der Waals surface area (Å²) in [7, 11) is 1.86. The maximum absolute atomic E-state index is 11.6. The Bertz CT molecular complexity index is 467. The van der Waals surface area contributed by atoms with Crippen molar-refractivity contribution in [2.24, 2.45) is 5.92 Å². The Hall–Kier alpha value is -1.39. The number of likely N-dealkylation sites (tertiary alicyclic amines) is 1. The number of amides is 1. The van der Waals surface area contributed by atoms with Gasteiger partial charge in [0.25, 0.3) is 0 Å². The Morgan fingerprint density at radius 3 is 2.73 bits per heavy atom. The molecule has 1 aromatic rings. The second-order valence-electron chi connectivity index (χ2n) is 6.41. The van der Waals surface area contributed by atoms with Crippen LogP contribution in [0.25, 0.3) is 0 Å². The van der Waals surface area contributed by atoms with Gasteiger partial charge in [0.1, 0.15) is 0 Å². The highest BCUT2D eigenvalue weighted by molar-refractivity contribution is 5.76. The van der Waals surface area contributed by atoms with Gasteiger partial charge >= 0.3 is 0 Å². The van der Waals surface area contributed by atoms with Crippen molar-refractivity contribution in [3.05, 3.63) is 35.4 Å². The normalized spacial score (nSPS) is 16.6. The maximum atomic E-state index is 11.6. The van der Waals surface area contributed by atoms with Crippen LogP contribution in [0, 0.1) is 5.92 Å². The monoisotopic (exact) mass is 303 g/mol. The van der Waals surface area contributed by atoms with Gasteiger partial charge in [0.2, 0.25) is 5.91 Å². The molecule has 1 saturated heterocycles. The van der Waals surface area contributed by atoms with E-state index < -0.39 is 0 Å². The highest BCUT2D eigenvalue weighted by Gasteiger charge is 2.15. The van der Waals surface area contributed by atoms with Crippen molar-refractivity contribution < 1.29 is 4.79 Å². The van der Waals surface area contributed by atoms with E-state index in [0.29, 0.717) is 13.0 Å². The summed E-state index contributed by atoms with van der Waals surface area (Å²) < 4.78 is 0. The number of nitrogens with one attached hydrogen (secondary N) is 2. The Kier molecular flexibility index (Phi) is 6.87. The summed E-state index contributed by atoms with van der Waals surface area (Å²) in [6, 6.07) is 8.58. The van der Waals surface area contributed by atoms with Gasteiger partial charge in [0.05, 0.1) is 0 Å². The molecule has 1 heterocycles. The molecule has 4 nitrogen and oxygen atoms in total. The van der Waals surface area contributed by atoms with Crippen LogP contribution < -0.4 is 10.6 Å². The fourth-order valence-corrected chi connectivity index (χ4v) is 2.84. The molecule has 1 aliphatic rings. The van der Waals surface area contributed by atoms with E-state index >= 15 is 0 Å². The summed E-state index contributed by atoms with van der Waals surface area (Å²) in [5.41, 5.74) is 2.53. The van der Waals surface area contributed by atoms with Crippen LogP contribution in [0.1, 0.15) is 37.3 Å². The summed E-state index contributed by atoms with van der Waals surface area (Å²) >= 11 is 0. The summed E-state index contributed by atoms with van der Waals surface area (Å²) in [6.45, 7) is 7.11. The SMILES string of the molecule is CNCCC(=O)NCc1cccc(CN2CCC(C)CC2)c1. The molecule has 0 bridgehead atoms. The number of piperidine rings is 1. The third kappa shape index (κ3) is 5.78. The van der Waals surface area contributed by atoms with Crippen molar-refractivity contribution in [2.45, 2.75) is 39.3 Å². The standard InChI is InChI=1S/C18H29N3O/c1-15-7-10-21(11-8-15)14-17-5-3-4-16(12-17)13-20-18(22)6-9-19-2/h3-5,12,15,19H,6-11,13-14H2,1-2H3,(H,20,22). The molecule has 0 aromatic heterocycles. The first-order valence-corrected chi connectivity index (χ1v) is 8.39. The zero-order valence-corrected chi connectivity index (χ0v) is 13.9. The van der Waals surface area contributed by atoms with Gasteiger partial charge in [-0.3, -0.25) is 9.69 Å². The Labute approximate surface area is 134 Å². The van der Waals surface area contributed by atoms with Gasteiger partial charge in [0, 0.05) is 26.1 Å². The van der Waals surface area contributed by atoms with Gasteiger partial charge in [0.15, 0.2) is 0 Å². The minimum Gasteiger partial charge on any atom is -0.352 e. The van der Waals surface area contributed by atoms with Crippen LogP contribution in [0.15, 0.2) is 24.3 Å². The third-order valence-electron chi connectivity index (χ3n) is 4.37. The number of carbonyl (C=O) groups is 1. The number of benzene rings is 1. The molecule has 1 aromatic carbocycles. The minimum absolute atomic E-state index is 0.102. The molecule has 1 amide bonds. The first-order valence-electron chi connectivity index (χ1n) is 8.39. The molecule has 4 heteroatoms. The molecule has 2 N–H and O–H groups in total. The lowest BCUT2D eigenvalue weighted by Gasteiger charge is -2.30. The number of hydrogen-bond donors (Lipinski definition) is 2. The molecule has 2 rings (SSSR count). The lowest BCUT2D eigenvalue weighted by Crippen LogP contribution is -2.32. The van der Waals surface area contributed by atoms with E-state index in [2.05, 4.69) is 46.7 Å². The molecule has 0 aliphatic carbocycles. The maximum Gasteiger partial charge on any atom is 0.221 e. The largest absolute Gasteiger partial charge is 0.352 e. The van der Waals surface area contributed by atoms with E-state index in [4.69, 9.17) is 0 Å². The lowest BCUT2D eigenvalue weighted by molar-refractivity contribution is -0.121. The molecular weight excluding hydrogens is 274 g/mol. The molecule has 0 saturated carbocycles. The van der Waals surface area contributed by atoms with Gasteiger partial charge in [-0.1, -0.05) is 31.2 Å². The Balaban J connectivity index is 1.80. The van der Waals surface area contributed by atoms with Crippen molar-refractivity contribution in [3.63, 3.8) is 0 Å². The van der Waals surface area contributed by atoms with Crippen LogP contribution in [0.5, 0.6) is 0 Å². The smallest absolute Gasteiger partial charge is 0.221 e. The zero-order chi connectivity index (χ0) is 15.8. The Morgan fingerprint density at radius 1 is 1.27 bits per heavy atom. The van der Waals surface area contributed by atoms with Crippen LogP contribution >= 0.6 is 0 Å². The van der Waals surface area contributed by atoms with Crippen LogP contribution in [0.4, 0.5) is 0 Å². The first-order chi connectivity index (χ1) is 10.7. The van der Waals surface area contributed by atoms with Crippen LogP contribution in [-0.2, 0) is 17.9 Å². The average Bonchev–Trinajstić information content (AvgIpc) is 2.53. The molecular formula is C18H29N3O. The van der Waals surface area contributed by atoms with E-state index in [1.165, 1.54) is 37.1 Å². The second-order valence-corrected chi connectivity index (χ2v) is 6.41. The molecule has 1 fully saturated rings. The molecule has 1 aliphatic heterocycles. The lowest BCUT2D eigenvalue weighted by atomic mass is 9.98. The topological polar surface area (TPSA) is 44.4 Å². The molecule has 0 atom stereocenters. The highest BCUT2D eigenvalue weighted by Crippen LogP contribution is 2.18. The van der Waals surface area contributed by atoms with Gasteiger partial charge in [-0.25, -0.2) is 0 Å². The summed E-state index contributed by atoms with van der Waals surface area (Å²) in [4.78, 5) is 14.2. The van der Waals surface area contributed by atoms with Gasteiger partial charge in [-0.05, 0) is 50.0 Å². The fourth-order valence-electron chi connectivity index (χ4n) is 2.84. The van der Waals surface area contributed by atoms with Gasteiger partial charge in [-0.15, -0.1) is 0 Å². The predicted molar refractivity (Wildman–Crippen MR) is 90.5 cm³/mol. The van der Waals surface area contributed by atoms with E-state index in [9.17, 15) is 4.79 Å².